The SMILES string of the molecule is COc1ccc(S(=O)(=O)NCC(C)C)cc1C(=O)N1CCCCCC1. The van der Waals surface area contributed by atoms with Gasteiger partial charge in [-0.1, -0.05) is 26.7 Å². The molecule has 7 heteroatoms. The van der Waals surface area contributed by atoms with Crippen molar-refractivity contribution < 1.29 is 17.9 Å². The lowest BCUT2D eigenvalue weighted by Crippen LogP contribution is -2.32. The van der Waals surface area contributed by atoms with Crippen molar-refractivity contribution in [1.82, 2.24) is 9.62 Å². The molecule has 1 aliphatic rings. The number of rotatable bonds is 6. The Hall–Kier alpha value is -1.60. The molecule has 1 N–H and O–H groups in total. The number of ether oxygens (including phenoxy) is 1. The lowest BCUT2D eigenvalue weighted by molar-refractivity contribution is 0.0758. The van der Waals surface area contributed by atoms with Gasteiger partial charge in [0.2, 0.25) is 10.0 Å². The maximum atomic E-state index is 12.9. The van der Waals surface area contributed by atoms with E-state index in [1.807, 2.05) is 13.8 Å². The van der Waals surface area contributed by atoms with Crippen LogP contribution >= 0.6 is 0 Å². The van der Waals surface area contributed by atoms with E-state index in [0.29, 0.717) is 30.9 Å². The van der Waals surface area contributed by atoms with E-state index >= 15 is 0 Å². The Labute approximate surface area is 150 Å². The van der Waals surface area contributed by atoms with Crippen LogP contribution < -0.4 is 9.46 Å². The second kappa shape index (κ2) is 8.67. The van der Waals surface area contributed by atoms with Gasteiger partial charge in [0.15, 0.2) is 0 Å². The van der Waals surface area contributed by atoms with Gasteiger partial charge in [0, 0.05) is 19.6 Å². The van der Waals surface area contributed by atoms with Crippen molar-refractivity contribution in [3.8, 4) is 5.75 Å². The molecule has 1 heterocycles. The summed E-state index contributed by atoms with van der Waals surface area (Å²) in [7, 11) is -2.16. The standard InChI is InChI=1S/C18H28N2O4S/c1-14(2)13-19-25(22,23)15-8-9-17(24-3)16(12-15)18(21)20-10-6-4-5-7-11-20/h8-9,12,14,19H,4-7,10-11,13H2,1-3H3. The summed E-state index contributed by atoms with van der Waals surface area (Å²) < 4.78 is 32.8. The summed E-state index contributed by atoms with van der Waals surface area (Å²) in [6, 6.07) is 4.45. The van der Waals surface area contributed by atoms with Crippen molar-refractivity contribution in [3.63, 3.8) is 0 Å². The van der Waals surface area contributed by atoms with Gasteiger partial charge in [0.05, 0.1) is 17.6 Å². The third kappa shape index (κ3) is 5.19. The molecule has 1 fully saturated rings. The van der Waals surface area contributed by atoms with Gasteiger partial charge < -0.3 is 9.64 Å². The molecule has 1 aliphatic heterocycles. The van der Waals surface area contributed by atoms with Gasteiger partial charge in [0.1, 0.15) is 5.75 Å². The van der Waals surface area contributed by atoms with Crippen LogP contribution in [0.2, 0.25) is 0 Å². The minimum atomic E-state index is -3.65. The number of methoxy groups -OCH3 is 1. The second-order valence-electron chi connectivity index (χ2n) is 6.81. The van der Waals surface area contributed by atoms with E-state index in [1.165, 1.54) is 19.2 Å². The first-order valence-electron chi connectivity index (χ1n) is 8.82. The zero-order valence-electron chi connectivity index (χ0n) is 15.2. The molecule has 140 valence electrons. The van der Waals surface area contributed by atoms with Crippen LogP contribution in [-0.4, -0.2) is 46.0 Å². The van der Waals surface area contributed by atoms with Crippen molar-refractivity contribution in [2.45, 2.75) is 44.4 Å². The van der Waals surface area contributed by atoms with Gasteiger partial charge in [-0.25, -0.2) is 13.1 Å². The van der Waals surface area contributed by atoms with Crippen LogP contribution in [0.1, 0.15) is 49.9 Å². The minimum absolute atomic E-state index is 0.0899. The van der Waals surface area contributed by atoms with Gasteiger partial charge in [-0.3, -0.25) is 4.79 Å². The molecule has 0 aliphatic carbocycles. The Morgan fingerprint density at radius 1 is 1.20 bits per heavy atom. The monoisotopic (exact) mass is 368 g/mol. The first-order valence-corrected chi connectivity index (χ1v) is 10.3. The highest BCUT2D eigenvalue weighted by Gasteiger charge is 2.24. The Morgan fingerprint density at radius 3 is 2.40 bits per heavy atom. The number of benzene rings is 1. The number of carbonyl (C=O) groups is 1. The summed E-state index contributed by atoms with van der Waals surface area (Å²) in [6.07, 6.45) is 4.19. The second-order valence-corrected chi connectivity index (χ2v) is 8.58. The molecule has 0 spiro atoms. The van der Waals surface area contributed by atoms with Gasteiger partial charge in [-0.15, -0.1) is 0 Å². The molecule has 1 aromatic rings. The topological polar surface area (TPSA) is 75.7 Å². The van der Waals surface area contributed by atoms with Crippen molar-refractivity contribution in [1.29, 1.82) is 0 Å². The largest absolute Gasteiger partial charge is 0.496 e. The van der Waals surface area contributed by atoms with E-state index < -0.39 is 10.0 Å². The normalized spacial score (nSPS) is 15.9. The number of hydrogen-bond donors (Lipinski definition) is 1. The number of nitrogens with zero attached hydrogens (tertiary/aromatic N) is 1. The van der Waals surface area contributed by atoms with Gasteiger partial charge in [-0.05, 0) is 37.0 Å². The zero-order valence-corrected chi connectivity index (χ0v) is 16.1. The fraction of sp³-hybridized carbons (Fsp3) is 0.611. The van der Waals surface area contributed by atoms with Crippen LogP contribution in [0.3, 0.4) is 0 Å². The number of amides is 1. The highest BCUT2D eigenvalue weighted by Crippen LogP contribution is 2.25. The summed E-state index contributed by atoms with van der Waals surface area (Å²) in [5.74, 6) is 0.433. The predicted molar refractivity (Wildman–Crippen MR) is 97.4 cm³/mol. The van der Waals surface area contributed by atoms with Crippen LogP contribution in [0.25, 0.3) is 0 Å². The Bertz CT molecular complexity index is 693. The molecule has 6 nitrogen and oxygen atoms in total. The molecule has 1 saturated heterocycles. The number of nitrogens with one attached hydrogen (secondary N) is 1. The number of hydrogen-bond acceptors (Lipinski definition) is 4. The van der Waals surface area contributed by atoms with E-state index in [9.17, 15) is 13.2 Å². The van der Waals surface area contributed by atoms with Crippen LogP contribution in [-0.2, 0) is 10.0 Å². The van der Waals surface area contributed by atoms with E-state index in [4.69, 9.17) is 4.74 Å². The van der Waals surface area contributed by atoms with Gasteiger partial charge >= 0.3 is 0 Å². The van der Waals surface area contributed by atoms with Crippen molar-refractivity contribution in [3.05, 3.63) is 23.8 Å². The van der Waals surface area contributed by atoms with Crippen molar-refractivity contribution in [2.75, 3.05) is 26.7 Å². The number of carbonyl (C=O) groups excluding carboxylic acids is 1. The molecule has 1 aromatic carbocycles. The molecular formula is C18H28N2O4S. The summed E-state index contributed by atoms with van der Waals surface area (Å²) in [5, 5.41) is 0. The Morgan fingerprint density at radius 2 is 1.84 bits per heavy atom. The predicted octanol–water partition coefficient (Wildman–Crippen LogP) is 2.65. The molecule has 2 rings (SSSR count). The number of likely N-dealkylation sites (tertiary alicyclic amines) is 1. The molecule has 0 unspecified atom stereocenters. The molecule has 25 heavy (non-hydrogen) atoms. The average Bonchev–Trinajstić information content (AvgIpc) is 2.88. The fourth-order valence-electron chi connectivity index (χ4n) is 2.83. The maximum Gasteiger partial charge on any atom is 0.257 e. The van der Waals surface area contributed by atoms with Gasteiger partial charge in [-0.2, -0.15) is 0 Å². The number of sulfonamides is 1. The van der Waals surface area contributed by atoms with E-state index in [1.54, 1.807) is 11.0 Å². The highest BCUT2D eigenvalue weighted by molar-refractivity contribution is 7.89. The Kier molecular flexibility index (Phi) is 6.84. The fourth-order valence-corrected chi connectivity index (χ4v) is 4.06. The van der Waals surface area contributed by atoms with Crippen LogP contribution in [0, 0.1) is 5.92 Å². The summed E-state index contributed by atoms with van der Waals surface area (Å²) in [6.45, 7) is 5.62. The van der Waals surface area contributed by atoms with Crippen LogP contribution in [0.15, 0.2) is 23.1 Å². The summed E-state index contributed by atoms with van der Waals surface area (Å²) in [5.41, 5.74) is 0.303. The maximum absolute atomic E-state index is 12.9. The van der Waals surface area contributed by atoms with Crippen molar-refractivity contribution >= 4 is 15.9 Å². The van der Waals surface area contributed by atoms with Crippen LogP contribution in [0.5, 0.6) is 5.75 Å². The van der Waals surface area contributed by atoms with Gasteiger partial charge in [0.25, 0.3) is 5.91 Å². The lowest BCUT2D eigenvalue weighted by Gasteiger charge is -2.22. The molecule has 0 aromatic heterocycles. The zero-order chi connectivity index (χ0) is 18.4. The first kappa shape index (κ1) is 19.7. The molecular weight excluding hydrogens is 340 g/mol. The molecule has 0 saturated carbocycles. The van der Waals surface area contributed by atoms with Crippen molar-refractivity contribution in [2.24, 2.45) is 5.92 Å². The van der Waals surface area contributed by atoms with E-state index in [0.717, 1.165) is 25.7 Å². The third-order valence-corrected chi connectivity index (χ3v) is 5.71. The quantitative estimate of drug-likeness (QED) is 0.837. The minimum Gasteiger partial charge on any atom is -0.496 e. The van der Waals surface area contributed by atoms with E-state index in [-0.39, 0.29) is 16.7 Å². The molecule has 0 atom stereocenters. The van der Waals surface area contributed by atoms with E-state index in [2.05, 4.69) is 4.72 Å². The summed E-state index contributed by atoms with van der Waals surface area (Å²) in [4.78, 5) is 14.8. The molecule has 0 radical (unpaired) electrons. The average molecular weight is 368 g/mol. The Balaban J connectivity index is 2.31. The molecule has 1 amide bonds. The highest BCUT2D eigenvalue weighted by atomic mass is 32.2. The third-order valence-electron chi connectivity index (χ3n) is 4.29. The lowest BCUT2D eigenvalue weighted by atomic mass is 10.1. The smallest absolute Gasteiger partial charge is 0.257 e. The summed E-state index contributed by atoms with van der Waals surface area (Å²) >= 11 is 0. The first-order chi connectivity index (χ1) is 11.8. The van der Waals surface area contributed by atoms with Crippen LogP contribution in [0.4, 0.5) is 0 Å². The molecule has 0 bridgehead atoms.